The molecule has 2 rings (SSSR count). The van der Waals surface area contributed by atoms with Crippen LogP contribution in [0.15, 0.2) is 35.4 Å². The molecule has 0 unspecified atom stereocenters. The Labute approximate surface area is 130 Å². The van der Waals surface area contributed by atoms with Crippen molar-refractivity contribution in [3.05, 3.63) is 63.3 Å². The van der Waals surface area contributed by atoms with E-state index < -0.39 is 0 Å². The number of carbonyl (C=O) groups is 1. The lowest BCUT2D eigenvalue weighted by Crippen LogP contribution is -2.31. The van der Waals surface area contributed by atoms with Crippen LogP contribution in [0.3, 0.4) is 0 Å². The predicted molar refractivity (Wildman–Crippen MR) is 86.1 cm³/mol. The van der Waals surface area contributed by atoms with Gasteiger partial charge in [-0.25, -0.2) is 4.98 Å². The highest BCUT2D eigenvalue weighted by Crippen LogP contribution is 2.08. The fourth-order valence-electron chi connectivity index (χ4n) is 2.32. The van der Waals surface area contributed by atoms with Crippen LogP contribution in [0.5, 0.6) is 0 Å². The molecule has 0 saturated carbocycles. The molecule has 0 radical (unpaired) electrons. The third-order valence-electron chi connectivity index (χ3n) is 3.42. The van der Waals surface area contributed by atoms with E-state index in [2.05, 4.69) is 10.3 Å². The Kier molecular flexibility index (Phi) is 5.09. The molecular formula is C17H21N3O2. The van der Waals surface area contributed by atoms with Crippen molar-refractivity contribution in [2.24, 2.45) is 0 Å². The topological polar surface area (TPSA) is 64.0 Å². The molecule has 0 spiro atoms. The Bertz CT molecular complexity index is 715. The molecule has 22 heavy (non-hydrogen) atoms. The normalized spacial score (nSPS) is 10.5. The van der Waals surface area contributed by atoms with E-state index in [0.717, 1.165) is 23.2 Å². The van der Waals surface area contributed by atoms with Gasteiger partial charge >= 0.3 is 0 Å². The molecule has 2 aromatic rings. The van der Waals surface area contributed by atoms with Crippen molar-refractivity contribution >= 4 is 5.91 Å². The van der Waals surface area contributed by atoms with Gasteiger partial charge in [-0.2, -0.15) is 0 Å². The van der Waals surface area contributed by atoms with Crippen LogP contribution >= 0.6 is 0 Å². The lowest BCUT2D eigenvalue weighted by molar-refractivity contribution is 0.0952. The number of carbonyl (C=O) groups excluding carboxylic acids is 1. The molecule has 5 heteroatoms. The van der Waals surface area contributed by atoms with Crippen molar-refractivity contribution < 1.29 is 4.79 Å². The van der Waals surface area contributed by atoms with Gasteiger partial charge in [0.25, 0.3) is 11.5 Å². The highest BCUT2D eigenvalue weighted by Gasteiger charge is 2.06. The molecule has 1 heterocycles. The van der Waals surface area contributed by atoms with Gasteiger partial charge in [-0.3, -0.25) is 14.2 Å². The zero-order valence-electron chi connectivity index (χ0n) is 13.2. The van der Waals surface area contributed by atoms with Gasteiger partial charge in [0.05, 0.1) is 6.33 Å². The first-order chi connectivity index (χ1) is 10.5. The molecule has 1 aromatic heterocycles. The third-order valence-corrected chi connectivity index (χ3v) is 3.42. The Morgan fingerprint density at radius 1 is 1.18 bits per heavy atom. The fourth-order valence-corrected chi connectivity index (χ4v) is 2.32. The molecule has 0 atom stereocenters. The lowest BCUT2D eigenvalue weighted by atomic mass is 10.1. The average Bonchev–Trinajstić information content (AvgIpc) is 2.47. The summed E-state index contributed by atoms with van der Waals surface area (Å²) < 4.78 is 1.50. The van der Waals surface area contributed by atoms with E-state index in [1.54, 1.807) is 0 Å². The van der Waals surface area contributed by atoms with Crippen molar-refractivity contribution in [3.8, 4) is 0 Å². The molecule has 0 aliphatic rings. The number of aromatic nitrogens is 2. The van der Waals surface area contributed by atoms with Gasteiger partial charge in [-0.1, -0.05) is 24.1 Å². The van der Waals surface area contributed by atoms with E-state index in [4.69, 9.17) is 0 Å². The van der Waals surface area contributed by atoms with Crippen LogP contribution in [0.4, 0.5) is 0 Å². The van der Waals surface area contributed by atoms with Crippen LogP contribution in [0, 0.1) is 13.8 Å². The Morgan fingerprint density at radius 3 is 2.45 bits per heavy atom. The number of benzene rings is 1. The average molecular weight is 299 g/mol. The van der Waals surface area contributed by atoms with E-state index >= 15 is 0 Å². The van der Waals surface area contributed by atoms with Crippen LogP contribution in [-0.2, 0) is 13.0 Å². The summed E-state index contributed by atoms with van der Waals surface area (Å²) in [7, 11) is 0. The maximum Gasteiger partial charge on any atom is 0.253 e. The van der Waals surface area contributed by atoms with Gasteiger partial charge in [0.1, 0.15) is 0 Å². The first kappa shape index (κ1) is 15.9. The lowest BCUT2D eigenvalue weighted by Gasteiger charge is -2.09. The molecular weight excluding hydrogens is 278 g/mol. The van der Waals surface area contributed by atoms with Crippen LogP contribution in [0.1, 0.15) is 34.1 Å². The van der Waals surface area contributed by atoms with Crippen molar-refractivity contribution in [2.75, 3.05) is 6.54 Å². The number of hydrogen-bond acceptors (Lipinski definition) is 3. The summed E-state index contributed by atoms with van der Waals surface area (Å²) in [5.74, 6) is -0.127. The highest BCUT2D eigenvalue weighted by molar-refractivity contribution is 5.94. The maximum absolute atomic E-state index is 12.1. The van der Waals surface area contributed by atoms with Crippen LogP contribution < -0.4 is 10.9 Å². The van der Waals surface area contributed by atoms with E-state index in [0.29, 0.717) is 18.7 Å². The monoisotopic (exact) mass is 299 g/mol. The predicted octanol–water partition coefficient (Wildman–Crippen LogP) is 1.85. The van der Waals surface area contributed by atoms with E-state index in [1.807, 2.05) is 39.0 Å². The second-order valence-electron chi connectivity index (χ2n) is 5.40. The molecule has 0 bridgehead atoms. The molecule has 1 N–H and O–H groups in total. The maximum atomic E-state index is 12.1. The van der Waals surface area contributed by atoms with Gasteiger partial charge in [-0.15, -0.1) is 0 Å². The summed E-state index contributed by atoms with van der Waals surface area (Å²) in [5.41, 5.74) is 3.44. The Balaban J connectivity index is 1.96. The molecule has 1 aromatic carbocycles. The summed E-state index contributed by atoms with van der Waals surface area (Å²) in [6, 6.07) is 7.27. The van der Waals surface area contributed by atoms with Crippen LogP contribution in [0.25, 0.3) is 0 Å². The number of hydrogen-bond donors (Lipinski definition) is 1. The van der Waals surface area contributed by atoms with Gasteiger partial charge in [-0.05, 0) is 32.4 Å². The SMILES string of the molecule is CCc1cc(=O)n(CCNC(=O)c2cc(C)cc(C)c2)cn1. The van der Waals surface area contributed by atoms with Crippen molar-refractivity contribution in [1.29, 1.82) is 0 Å². The molecule has 0 aliphatic heterocycles. The molecule has 116 valence electrons. The van der Waals surface area contributed by atoms with E-state index in [1.165, 1.54) is 17.0 Å². The second-order valence-corrected chi connectivity index (χ2v) is 5.40. The second kappa shape index (κ2) is 7.02. The van der Waals surface area contributed by atoms with Crippen molar-refractivity contribution in [1.82, 2.24) is 14.9 Å². The first-order valence-corrected chi connectivity index (χ1v) is 7.41. The number of amides is 1. The number of rotatable bonds is 5. The summed E-state index contributed by atoms with van der Waals surface area (Å²) in [4.78, 5) is 28.1. The smallest absolute Gasteiger partial charge is 0.253 e. The Hall–Kier alpha value is -2.43. The van der Waals surface area contributed by atoms with Crippen molar-refractivity contribution in [3.63, 3.8) is 0 Å². The minimum atomic E-state index is -0.127. The molecule has 0 aliphatic carbocycles. The summed E-state index contributed by atoms with van der Waals surface area (Å²) in [5, 5.41) is 2.83. The largest absolute Gasteiger partial charge is 0.350 e. The quantitative estimate of drug-likeness (QED) is 0.916. The molecule has 0 saturated heterocycles. The standard InChI is InChI=1S/C17H21N3O2/c1-4-15-10-16(21)20(11-19-15)6-5-18-17(22)14-8-12(2)7-13(3)9-14/h7-11H,4-6H2,1-3H3,(H,18,22). The van der Waals surface area contributed by atoms with Gasteiger partial charge in [0.15, 0.2) is 0 Å². The first-order valence-electron chi connectivity index (χ1n) is 7.41. The minimum Gasteiger partial charge on any atom is -0.350 e. The third kappa shape index (κ3) is 4.04. The molecule has 5 nitrogen and oxygen atoms in total. The van der Waals surface area contributed by atoms with E-state index in [-0.39, 0.29) is 11.5 Å². The number of nitrogens with one attached hydrogen (secondary N) is 1. The number of nitrogens with zero attached hydrogens (tertiary/aromatic N) is 2. The number of aryl methyl sites for hydroxylation is 3. The van der Waals surface area contributed by atoms with E-state index in [9.17, 15) is 9.59 Å². The van der Waals surface area contributed by atoms with Gasteiger partial charge in [0.2, 0.25) is 0 Å². The minimum absolute atomic E-state index is 0.0903. The highest BCUT2D eigenvalue weighted by atomic mass is 16.1. The van der Waals surface area contributed by atoms with Crippen LogP contribution in [0.2, 0.25) is 0 Å². The summed E-state index contributed by atoms with van der Waals surface area (Å²) in [6.45, 7) is 6.68. The Morgan fingerprint density at radius 2 is 1.86 bits per heavy atom. The summed E-state index contributed by atoms with van der Waals surface area (Å²) in [6.07, 6.45) is 2.27. The van der Waals surface area contributed by atoms with Gasteiger partial charge < -0.3 is 5.32 Å². The van der Waals surface area contributed by atoms with Crippen LogP contribution in [-0.4, -0.2) is 22.0 Å². The zero-order valence-corrected chi connectivity index (χ0v) is 13.2. The molecule has 0 fully saturated rings. The zero-order chi connectivity index (χ0) is 16.1. The van der Waals surface area contributed by atoms with Gasteiger partial charge in [0, 0.05) is 30.4 Å². The van der Waals surface area contributed by atoms with Crippen molar-refractivity contribution in [2.45, 2.75) is 33.7 Å². The molecule has 1 amide bonds. The fraction of sp³-hybridized carbons (Fsp3) is 0.353. The summed E-state index contributed by atoms with van der Waals surface area (Å²) >= 11 is 0.